The van der Waals surface area contributed by atoms with Gasteiger partial charge in [0.25, 0.3) is 5.91 Å². The van der Waals surface area contributed by atoms with Gasteiger partial charge < -0.3 is 15.8 Å². The van der Waals surface area contributed by atoms with Crippen LogP contribution in [0.2, 0.25) is 10.0 Å². The standard InChI is InChI=1S/C14H13Cl2N3O2/c1-7-3-11(12(21-2)5-9(7)15)19-14(20)8-4-13(17)18-6-10(8)16/h3-6H,1-2H3,(H2,17,18)(H,19,20). The Morgan fingerprint density at radius 3 is 2.67 bits per heavy atom. The summed E-state index contributed by atoms with van der Waals surface area (Å²) >= 11 is 12.0. The number of aromatic nitrogens is 1. The van der Waals surface area contributed by atoms with Gasteiger partial charge in [-0.3, -0.25) is 4.79 Å². The number of halogens is 2. The summed E-state index contributed by atoms with van der Waals surface area (Å²) in [6.07, 6.45) is 1.33. The monoisotopic (exact) mass is 325 g/mol. The van der Waals surface area contributed by atoms with E-state index in [0.29, 0.717) is 16.5 Å². The minimum atomic E-state index is -0.408. The molecule has 0 aliphatic carbocycles. The highest BCUT2D eigenvalue weighted by Gasteiger charge is 2.15. The maximum atomic E-state index is 12.3. The second kappa shape index (κ2) is 6.20. The van der Waals surface area contributed by atoms with E-state index in [2.05, 4.69) is 10.3 Å². The van der Waals surface area contributed by atoms with Gasteiger partial charge in [-0.25, -0.2) is 4.98 Å². The van der Waals surface area contributed by atoms with Crippen LogP contribution in [0, 0.1) is 6.92 Å². The lowest BCUT2D eigenvalue weighted by molar-refractivity contribution is 0.102. The Kier molecular flexibility index (Phi) is 4.55. The number of amides is 1. The van der Waals surface area contributed by atoms with Crippen molar-refractivity contribution in [2.24, 2.45) is 0 Å². The van der Waals surface area contributed by atoms with E-state index in [0.717, 1.165) is 5.56 Å². The molecule has 21 heavy (non-hydrogen) atoms. The summed E-state index contributed by atoms with van der Waals surface area (Å²) in [5, 5.41) is 3.49. The predicted molar refractivity (Wildman–Crippen MR) is 84.4 cm³/mol. The van der Waals surface area contributed by atoms with Crippen molar-refractivity contribution in [1.82, 2.24) is 4.98 Å². The molecule has 0 atom stereocenters. The average molecular weight is 326 g/mol. The molecule has 1 heterocycles. The first-order valence-electron chi connectivity index (χ1n) is 5.99. The number of carbonyl (C=O) groups excluding carboxylic acids is 1. The summed E-state index contributed by atoms with van der Waals surface area (Å²) in [5.41, 5.74) is 7.11. The summed E-state index contributed by atoms with van der Waals surface area (Å²) in [7, 11) is 1.49. The maximum absolute atomic E-state index is 12.3. The first-order valence-corrected chi connectivity index (χ1v) is 6.74. The van der Waals surface area contributed by atoms with Crippen LogP contribution in [0.4, 0.5) is 11.5 Å². The van der Waals surface area contributed by atoms with Crippen molar-refractivity contribution >= 4 is 40.6 Å². The lowest BCUT2D eigenvalue weighted by atomic mass is 10.2. The number of carbonyl (C=O) groups is 1. The van der Waals surface area contributed by atoms with E-state index in [9.17, 15) is 4.79 Å². The molecular weight excluding hydrogens is 313 g/mol. The van der Waals surface area contributed by atoms with Crippen molar-refractivity contribution in [3.05, 3.63) is 45.6 Å². The Labute approximate surface area is 132 Å². The smallest absolute Gasteiger partial charge is 0.257 e. The number of nitrogen functional groups attached to an aromatic ring is 1. The number of nitrogens with two attached hydrogens (primary N) is 1. The van der Waals surface area contributed by atoms with Crippen molar-refractivity contribution in [2.45, 2.75) is 6.92 Å². The van der Waals surface area contributed by atoms with Gasteiger partial charge in [-0.05, 0) is 24.6 Å². The molecular formula is C14H13Cl2N3O2. The van der Waals surface area contributed by atoms with Crippen LogP contribution < -0.4 is 15.8 Å². The van der Waals surface area contributed by atoms with Crippen molar-refractivity contribution < 1.29 is 9.53 Å². The molecule has 7 heteroatoms. The quantitative estimate of drug-likeness (QED) is 0.904. The second-order valence-electron chi connectivity index (χ2n) is 4.34. The van der Waals surface area contributed by atoms with Crippen LogP contribution in [-0.4, -0.2) is 18.0 Å². The van der Waals surface area contributed by atoms with Crippen molar-refractivity contribution in [3.8, 4) is 5.75 Å². The number of anilines is 2. The Hall–Kier alpha value is -1.98. The molecule has 5 nitrogen and oxygen atoms in total. The van der Waals surface area contributed by atoms with E-state index in [4.69, 9.17) is 33.7 Å². The van der Waals surface area contributed by atoms with Gasteiger partial charge in [0.2, 0.25) is 0 Å². The lowest BCUT2D eigenvalue weighted by Gasteiger charge is -2.13. The molecule has 0 unspecified atom stereocenters. The first-order chi connectivity index (χ1) is 9.92. The SMILES string of the molecule is COc1cc(Cl)c(C)cc1NC(=O)c1cc(N)ncc1Cl. The zero-order valence-electron chi connectivity index (χ0n) is 11.4. The number of nitrogens with one attached hydrogen (secondary N) is 1. The largest absolute Gasteiger partial charge is 0.495 e. The highest BCUT2D eigenvalue weighted by molar-refractivity contribution is 6.34. The molecule has 0 radical (unpaired) electrons. The molecule has 1 aromatic heterocycles. The van der Waals surface area contributed by atoms with E-state index < -0.39 is 5.91 Å². The zero-order valence-corrected chi connectivity index (χ0v) is 12.9. The van der Waals surface area contributed by atoms with Gasteiger partial charge in [0, 0.05) is 17.3 Å². The number of hydrogen-bond donors (Lipinski definition) is 2. The van der Waals surface area contributed by atoms with Crippen molar-refractivity contribution in [3.63, 3.8) is 0 Å². The van der Waals surface area contributed by atoms with Crippen molar-refractivity contribution in [1.29, 1.82) is 0 Å². The lowest BCUT2D eigenvalue weighted by Crippen LogP contribution is -2.14. The molecule has 0 spiro atoms. The summed E-state index contributed by atoms with van der Waals surface area (Å²) in [6, 6.07) is 4.76. The number of nitrogens with zero attached hydrogens (tertiary/aromatic N) is 1. The predicted octanol–water partition coefficient (Wildman–Crippen LogP) is 3.54. The Balaban J connectivity index is 2.35. The molecule has 1 aromatic carbocycles. The molecule has 0 saturated carbocycles. The number of rotatable bonds is 3. The fourth-order valence-electron chi connectivity index (χ4n) is 1.75. The number of ether oxygens (including phenoxy) is 1. The van der Waals surface area contributed by atoms with Gasteiger partial charge >= 0.3 is 0 Å². The van der Waals surface area contributed by atoms with E-state index >= 15 is 0 Å². The summed E-state index contributed by atoms with van der Waals surface area (Å²) in [4.78, 5) is 16.1. The molecule has 1 amide bonds. The van der Waals surface area contributed by atoms with Crippen LogP contribution in [0.3, 0.4) is 0 Å². The van der Waals surface area contributed by atoms with E-state index in [1.807, 2.05) is 6.92 Å². The van der Waals surface area contributed by atoms with Gasteiger partial charge in [0.1, 0.15) is 11.6 Å². The highest BCUT2D eigenvalue weighted by Crippen LogP contribution is 2.31. The summed E-state index contributed by atoms with van der Waals surface area (Å²) in [6.45, 7) is 1.83. The number of pyridine rings is 1. The molecule has 2 rings (SSSR count). The van der Waals surface area contributed by atoms with Gasteiger partial charge in [-0.1, -0.05) is 23.2 Å². The normalized spacial score (nSPS) is 10.3. The van der Waals surface area contributed by atoms with Crippen LogP contribution in [0.5, 0.6) is 5.75 Å². The van der Waals surface area contributed by atoms with E-state index in [1.54, 1.807) is 12.1 Å². The van der Waals surface area contributed by atoms with Crippen LogP contribution in [0.15, 0.2) is 24.4 Å². The number of benzene rings is 1. The van der Waals surface area contributed by atoms with Crippen molar-refractivity contribution in [2.75, 3.05) is 18.2 Å². The molecule has 2 aromatic rings. The fraction of sp³-hybridized carbons (Fsp3) is 0.143. The molecule has 0 fully saturated rings. The molecule has 0 aliphatic heterocycles. The number of aryl methyl sites for hydroxylation is 1. The molecule has 0 aliphatic rings. The Bertz CT molecular complexity index is 705. The molecule has 110 valence electrons. The minimum absolute atomic E-state index is 0.212. The third-order valence-corrected chi connectivity index (χ3v) is 3.56. The third kappa shape index (κ3) is 3.37. The summed E-state index contributed by atoms with van der Waals surface area (Å²) in [5.74, 6) is 0.259. The average Bonchev–Trinajstić information content (AvgIpc) is 2.45. The second-order valence-corrected chi connectivity index (χ2v) is 5.16. The zero-order chi connectivity index (χ0) is 15.6. The fourth-order valence-corrected chi connectivity index (χ4v) is 2.09. The molecule has 3 N–H and O–H groups in total. The highest BCUT2D eigenvalue weighted by atomic mass is 35.5. The number of hydrogen-bond acceptors (Lipinski definition) is 4. The number of methoxy groups -OCH3 is 1. The third-order valence-electron chi connectivity index (χ3n) is 2.85. The van der Waals surface area contributed by atoms with Gasteiger partial charge in [0.15, 0.2) is 0 Å². The first kappa shape index (κ1) is 15.4. The molecule has 0 saturated heterocycles. The maximum Gasteiger partial charge on any atom is 0.257 e. The molecule has 0 bridgehead atoms. The van der Waals surface area contributed by atoms with Crippen LogP contribution in [0.1, 0.15) is 15.9 Å². The Morgan fingerprint density at radius 2 is 2.00 bits per heavy atom. The topological polar surface area (TPSA) is 77.2 Å². The van der Waals surface area contributed by atoms with E-state index in [-0.39, 0.29) is 16.4 Å². The van der Waals surface area contributed by atoms with Crippen LogP contribution in [-0.2, 0) is 0 Å². The summed E-state index contributed by atoms with van der Waals surface area (Å²) < 4.78 is 5.20. The minimum Gasteiger partial charge on any atom is -0.495 e. The van der Waals surface area contributed by atoms with Crippen LogP contribution >= 0.6 is 23.2 Å². The van der Waals surface area contributed by atoms with E-state index in [1.165, 1.54) is 19.4 Å². The van der Waals surface area contributed by atoms with Gasteiger partial charge in [0.05, 0.1) is 23.4 Å². The Morgan fingerprint density at radius 1 is 1.29 bits per heavy atom. The van der Waals surface area contributed by atoms with Crippen LogP contribution in [0.25, 0.3) is 0 Å². The van der Waals surface area contributed by atoms with Gasteiger partial charge in [-0.2, -0.15) is 0 Å². The van der Waals surface area contributed by atoms with Gasteiger partial charge in [-0.15, -0.1) is 0 Å².